The topological polar surface area (TPSA) is 0 Å². The van der Waals surface area contributed by atoms with Crippen LogP contribution in [0.25, 0.3) is 10.8 Å². The SMILES string of the molecule is CCCCCCCCC[CH2][Sb+]([CH2]CC)[c]1cccc2ccccc12.[Cl-]. The van der Waals surface area contributed by atoms with Crippen molar-refractivity contribution in [3.8, 4) is 0 Å². The standard InChI is InChI=1S/C10H7.C10H21.C3H7.ClH.Sb/c1-2-6-10-8-4-3-7-9(10)5-1;1-3-5-7-9-10-8-6-4-2;1-3-2;;/h1-7H;1,3-10H2,2H3;1,3H2,2H3;1H;/q;;;;+1/p-1. The number of fused-ring (bicyclic) bond motifs is 1. The summed E-state index contributed by atoms with van der Waals surface area (Å²) in [6, 6.07) is 16.0. The molecule has 0 heterocycles. The van der Waals surface area contributed by atoms with Crippen LogP contribution in [0.15, 0.2) is 42.5 Å². The van der Waals surface area contributed by atoms with Crippen LogP contribution in [-0.4, -0.2) is 20.2 Å². The van der Waals surface area contributed by atoms with Crippen molar-refractivity contribution in [2.24, 2.45) is 0 Å². The van der Waals surface area contributed by atoms with Crippen molar-refractivity contribution in [3.63, 3.8) is 0 Å². The third-order valence-electron chi connectivity index (χ3n) is 4.88. The zero-order chi connectivity index (χ0) is 17.0. The number of halogens is 1. The Labute approximate surface area is 169 Å². The molecule has 139 valence electrons. The monoisotopic (exact) mass is 467 g/mol. The Morgan fingerprint density at radius 3 is 2.00 bits per heavy atom. The van der Waals surface area contributed by atoms with Gasteiger partial charge in [0, 0.05) is 0 Å². The predicted molar refractivity (Wildman–Crippen MR) is 112 cm³/mol. The van der Waals surface area contributed by atoms with Gasteiger partial charge in [-0.2, -0.15) is 0 Å². The van der Waals surface area contributed by atoms with E-state index in [1.807, 2.05) is 0 Å². The van der Waals surface area contributed by atoms with E-state index in [0.717, 1.165) is 0 Å². The van der Waals surface area contributed by atoms with Crippen molar-refractivity contribution in [2.75, 3.05) is 0 Å². The van der Waals surface area contributed by atoms with Crippen molar-refractivity contribution in [1.82, 2.24) is 0 Å². The molecule has 1 radical (unpaired) electrons. The average Bonchev–Trinajstić information content (AvgIpc) is 2.62. The van der Waals surface area contributed by atoms with Crippen LogP contribution in [-0.2, 0) is 0 Å². The fourth-order valence-corrected chi connectivity index (χ4v) is 11.2. The minimum Gasteiger partial charge on any atom is -1.00 e. The molecule has 2 aromatic rings. The average molecular weight is 469 g/mol. The van der Waals surface area contributed by atoms with Crippen molar-refractivity contribution in [2.45, 2.75) is 80.4 Å². The molecular weight excluding hydrogens is 433 g/mol. The van der Waals surface area contributed by atoms with Gasteiger partial charge in [-0.15, -0.1) is 0 Å². The number of unbranched alkanes of at least 4 members (excludes halogenated alkanes) is 7. The number of benzene rings is 2. The first-order valence-corrected chi connectivity index (χ1v) is 15.0. The van der Waals surface area contributed by atoms with E-state index in [2.05, 4.69) is 56.3 Å². The van der Waals surface area contributed by atoms with Crippen LogP contribution >= 0.6 is 0 Å². The molecule has 0 aliphatic heterocycles. The second-order valence-corrected chi connectivity index (χ2v) is 14.0. The predicted octanol–water partition coefficient (Wildman–Crippen LogP) is 4.10. The maximum absolute atomic E-state index is 2.45. The van der Waals surface area contributed by atoms with E-state index in [-0.39, 0.29) is 12.4 Å². The summed E-state index contributed by atoms with van der Waals surface area (Å²) < 4.78 is 4.81. The molecule has 0 aromatic heterocycles. The molecule has 0 amide bonds. The summed E-state index contributed by atoms with van der Waals surface area (Å²) in [6.45, 7) is 4.67. The normalized spacial score (nSPS) is 11.0. The third-order valence-corrected chi connectivity index (χ3v) is 13.2. The summed E-state index contributed by atoms with van der Waals surface area (Å²) in [7, 11) is 0. The molecule has 0 bridgehead atoms. The van der Waals surface area contributed by atoms with E-state index in [1.165, 1.54) is 67.5 Å². The van der Waals surface area contributed by atoms with Gasteiger partial charge in [-0.05, 0) is 0 Å². The molecule has 0 nitrogen and oxygen atoms in total. The van der Waals surface area contributed by atoms with Crippen molar-refractivity contribution >= 4 is 34.5 Å². The maximum Gasteiger partial charge on any atom is -1.00 e. The second-order valence-electron chi connectivity index (χ2n) is 6.96. The Balaban J connectivity index is 0.00000312. The van der Waals surface area contributed by atoms with Crippen molar-refractivity contribution < 1.29 is 12.4 Å². The first-order valence-electron chi connectivity index (χ1n) is 10.1. The molecule has 2 rings (SSSR count). The van der Waals surface area contributed by atoms with E-state index in [9.17, 15) is 0 Å². The minimum atomic E-state index is -1.31. The van der Waals surface area contributed by atoms with E-state index in [4.69, 9.17) is 0 Å². The summed E-state index contributed by atoms with van der Waals surface area (Å²) in [5.41, 5.74) is 0. The summed E-state index contributed by atoms with van der Waals surface area (Å²) >= 11 is -1.31. The van der Waals surface area contributed by atoms with Crippen LogP contribution in [0.3, 0.4) is 0 Å². The van der Waals surface area contributed by atoms with Gasteiger partial charge in [0.1, 0.15) is 0 Å². The summed E-state index contributed by atoms with van der Waals surface area (Å²) in [5.74, 6) is 0. The number of hydrogen-bond acceptors (Lipinski definition) is 0. The van der Waals surface area contributed by atoms with E-state index in [1.54, 1.807) is 13.3 Å². The van der Waals surface area contributed by atoms with Gasteiger partial charge in [0.2, 0.25) is 0 Å². The Morgan fingerprint density at radius 2 is 1.28 bits per heavy atom. The van der Waals surface area contributed by atoms with E-state index >= 15 is 0 Å². The molecule has 0 unspecified atom stereocenters. The third kappa shape index (κ3) is 7.92. The quantitative estimate of drug-likeness (QED) is 0.325. The summed E-state index contributed by atoms with van der Waals surface area (Å²) in [6.07, 6.45) is 12.9. The van der Waals surface area contributed by atoms with Gasteiger partial charge in [-0.1, -0.05) is 0 Å². The molecule has 0 aliphatic carbocycles. The van der Waals surface area contributed by atoms with E-state index < -0.39 is 20.2 Å². The van der Waals surface area contributed by atoms with Gasteiger partial charge < -0.3 is 12.4 Å². The van der Waals surface area contributed by atoms with Gasteiger partial charge >= 0.3 is 157 Å². The molecule has 0 fully saturated rings. The van der Waals surface area contributed by atoms with Gasteiger partial charge in [-0.3, -0.25) is 0 Å². The Kier molecular flexibility index (Phi) is 12.7. The molecule has 0 N–H and O–H groups in total. The Hall–Kier alpha value is -0.192. The molecule has 2 aromatic carbocycles. The van der Waals surface area contributed by atoms with Crippen molar-refractivity contribution in [1.29, 1.82) is 0 Å². The zero-order valence-corrected chi connectivity index (χ0v) is 19.5. The molecule has 0 saturated carbocycles. The molecule has 0 spiro atoms. The van der Waals surface area contributed by atoms with Gasteiger partial charge in [-0.25, -0.2) is 0 Å². The van der Waals surface area contributed by atoms with Crippen LogP contribution in [0.2, 0.25) is 8.73 Å². The fourth-order valence-electron chi connectivity index (χ4n) is 3.54. The van der Waals surface area contributed by atoms with Crippen LogP contribution in [0.4, 0.5) is 0 Å². The Morgan fingerprint density at radius 1 is 0.640 bits per heavy atom. The van der Waals surface area contributed by atoms with Crippen molar-refractivity contribution in [3.05, 3.63) is 42.5 Å². The molecule has 25 heavy (non-hydrogen) atoms. The van der Waals surface area contributed by atoms with Gasteiger partial charge in [0.25, 0.3) is 0 Å². The maximum atomic E-state index is 2.45. The first kappa shape index (κ1) is 22.8. The largest absolute Gasteiger partial charge is 1.00 e. The van der Waals surface area contributed by atoms with E-state index in [0.29, 0.717) is 0 Å². The summed E-state index contributed by atoms with van der Waals surface area (Å²) in [5, 5.41) is 2.99. The number of rotatable bonds is 12. The molecular formula is C23H35ClSb. The van der Waals surface area contributed by atoms with Crippen LogP contribution in [0.5, 0.6) is 0 Å². The van der Waals surface area contributed by atoms with Crippen LogP contribution in [0.1, 0.15) is 71.6 Å². The molecule has 0 atom stereocenters. The smallest absolute Gasteiger partial charge is 1.00 e. The minimum absolute atomic E-state index is 0. The Bertz CT molecular complexity index is 576. The molecule has 2 heteroatoms. The van der Waals surface area contributed by atoms with Gasteiger partial charge in [0.05, 0.1) is 0 Å². The molecule has 0 aliphatic rings. The molecule has 0 saturated heterocycles. The van der Waals surface area contributed by atoms with Crippen LogP contribution in [0, 0.1) is 0 Å². The van der Waals surface area contributed by atoms with Crippen LogP contribution < -0.4 is 15.9 Å². The first-order chi connectivity index (χ1) is 11.9. The zero-order valence-electron chi connectivity index (χ0n) is 16.1. The summed E-state index contributed by atoms with van der Waals surface area (Å²) in [4.78, 5) is 0. The second kappa shape index (κ2) is 13.9. The fraction of sp³-hybridized carbons (Fsp3) is 0.565. The number of hydrogen-bond donors (Lipinski definition) is 0. The van der Waals surface area contributed by atoms with Gasteiger partial charge in [0.15, 0.2) is 0 Å².